The smallest absolute Gasteiger partial charge is 0.132 e. The summed E-state index contributed by atoms with van der Waals surface area (Å²) in [5, 5.41) is 0. The molecule has 19 heavy (non-hydrogen) atoms. The van der Waals surface area contributed by atoms with E-state index < -0.39 is 0 Å². The monoisotopic (exact) mass is 250 g/mol. The van der Waals surface area contributed by atoms with E-state index in [1.807, 2.05) is 54.6 Å². The summed E-state index contributed by atoms with van der Waals surface area (Å²) in [7, 11) is 1.66. The Hall–Kier alpha value is -2.55. The standard InChI is InChI=1S/C16H14N2O/c1-19-12-8-6-11(7-9-12)10-15-13-4-2-3-5-14(13)16(17)18-15/h2-10H,1H3,(H2,17,18)/b15-10-. The second kappa shape index (κ2) is 4.61. The number of hydrogen-bond acceptors (Lipinski definition) is 3. The molecule has 3 heteroatoms. The molecule has 0 atom stereocenters. The van der Waals surface area contributed by atoms with Crippen LogP contribution < -0.4 is 10.5 Å². The fourth-order valence-corrected chi connectivity index (χ4v) is 2.15. The second-order valence-electron chi connectivity index (χ2n) is 4.35. The molecule has 3 nitrogen and oxygen atoms in total. The first-order valence-corrected chi connectivity index (χ1v) is 6.07. The molecular weight excluding hydrogens is 236 g/mol. The van der Waals surface area contributed by atoms with Crippen LogP contribution >= 0.6 is 0 Å². The third kappa shape index (κ3) is 2.10. The number of nitrogens with two attached hydrogens (primary N) is 1. The van der Waals surface area contributed by atoms with Crippen molar-refractivity contribution < 1.29 is 4.74 Å². The fraction of sp³-hybridized carbons (Fsp3) is 0.0625. The number of amidine groups is 1. The first-order valence-electron chi connectivity index (χ1n) is 6.07. The minimum atomic E-state index is 0.579. The molecule has 0 saturated heterocycles. The Morgan fingerprint density at radius 2 is 1.68 bits per heavy atom. The van der Waals surface area contributed by atoms with Crippen molar-refractivity contribution in [3.8, 4) is 5.75 Å². The van der Waals surface area contributed by atoms with Gasteiger partial charge in [-0.05, 0) is 23.8 Å². The molecule has 2 aromatic carbocycles. The van der Waals surface area contributed by atoms with Crippen molar-refractivity contribution >= 4 is 17.6 Å². The van der Waals surface area contributed by atoms with Gasteiger partial charge in [-0.15, -0.1) is 0 Å². The van der Waals surface area contributed by atoms with Crippen molar-refractivity contribution in [2.75, 3.05) is 7.11 Å². The maximum absolute atomic E-state index is 5.93. The average Bonchev–Trinajstić information content (AvgIpc) is 2.77. The maximum Gasteiger partial charge on any atom is 0.132 e. The van der Waals surface area contributed by atoms with Crippen molar-refractivity contribution in [1.29, 1.82) is 0 Å². The van der Waals surface area contributed by atoms with E-state index in [-0.39, 0.29) is 0 Å². The number of methoxy groups -OCH3 is 1. The zero-order valence-corrected chi connectivity index (χ0v) is 10.6. The molecule has 0 amide bonds. The summed E-state index contributed by atoms with van der Waals surface area (Å²) >= 11 is 0. The van der Waals surface area contributed by atoms with E-state index in [0.717, 1.165) is 28.1 Å². The van der Waals surface area contributed by atoms with Gasteiger partial charge in [0.15, 0.2) is 0 Å². The van der Waals surface area contributed by atoms with E-state index in [1.54, 1.807) is 7.11 Å². The summed E-state index contributed by atoms with van der Waals surface area (Å²) < 4.78 is 5.14. The number of ether oxygens (including phenoxy) is 1. The zero-order chi connectivity index (χ0) is 13.2. The Morgan fingerprint density at radius 3 is 2.37 bits per heavy atom. The molecule has 0 radical (unpaired) electrons. The molecule has 0 fully saturated rings. The van der Waals surface area contributed by atoms with Crippen LogP contribution in [0.5, 0.6) is 5.75 Å². The number of rotatable bonds is 2. The van der Waals surface area contributed by atoms with Crippen LogP contribution in [0.4, 0.5) is 0 Å². The third-order valence-corrected chi connectivity index (χ3v) is 3.14. The first-order chi connectivity index (χ1) is 9.28. The molecule has 0 saturated carbocycles. The van der Waals surface area contributed by atoms with Gasteiger partial charge in [0.1, 0.15) is 11.6 Å². The molecule has 94 valence electrons. The van der Waals surface area contributed by atoms with Crippen LogP contribution in [0, 0.1) is 0 Å². The van der Waals surface area contributed by atoms with Crippen molar-refractivity contribution in [2.24, 2.45) is 10.7 Å². The number of nitrogens with zero attached hydrogens (tertiary/aromatic N) is 1. The van der Waals surface area contributed by atoms with E-state index in [0.29, 0.717) is 5.84 Å². The highest BCUT2D eigenvalue weighted by Crippen LogP contribution is 2.29. The van der Waals surface area contributed by atoms with Gasteiger partial charge in [-0.2, -0.15) is 0 Å². The largest absolute Gasteiger partial charge is 0.497 e. The van der Waals surface area contributed by atoms with E-state index in [2.05, 4.69) is 4.99 Å². The van der Waals surface area contributed by atoms with Gasteiger partial charge < -0.3 is 10.5 Å². The molecule has 1 aliphatic heterocycles. The zero-order valence-electron chi connectivity index (χ0n) is 10.6. The number of fused-ring (bicyclic) bond motifs is 1. The SMILES string of the molecule is COc1ccc(/C=C2\N=C(N)c3ccccc32)cc1. The molecule has 3 rings (SSSR count). The lowest BCUT2D eigenvalue weighted by molar-refractivity contribution is 0.415. The molecule has 2 aromatic rings. The Kier molecular flexibility index (Phi) is 2.80. The van der Waals surface area contributed by atoms with Gasteiger partial charge >= 0.3 is 0 Å². The normalized spacial score (nSPS) is 15.2. The molecule has 0 spiro atoms. The van der Waals surface area contributed by atoms with Gasteiger partial charge in [0.2, 0.25) is 0 Å². The Morgan fingerprint density at radius 1 is 1.00 bits per heavy atom. The van der Waals surface area contributed by atoms with E-state index in [9.17, 15) is 0 Å². The van der Waals surface area contributed by atoms with E-state index >= 15 is 0 Å². The lowest BCUT2D eigenvalue weighted by Gasteiger charge is -2.01. The Balaban J connectivity index is 2.01. The van der Waals surface area contributed by atoms with Crippen LogP contribution in [-0.4, -0.2) is 12.9 Å². The summed E-state index contributed by atoms with van der Waals surface area (Å²) in [4.78, 5) is 4.42. The van der Waals surface area contributed by atoms with Crippen molar-refractivity contribution in [3.63, 3.8) is 0 Å². The molecule has 0 aliphatic carbocycles. The highest BCUT2D eigenvalue weighted by Gasteiger charge is 2.16. The van der Waals surface area contributed by atoms with Crippen LogP contribution in [0.2, 0.25) is 0 Å². The first kappa shape index (κ1) is 11.5. The van der Waals surface area contributed by atoms with Gasteiger partial charge in [-0.25, -0.2) is 4.99 Å². The van der Waals surface area contributed by atoms with Crippen LogP contribution in [0.15, 0.2) is 53.5 Å². The van der Waals surface area contributed by atoms with Gasteiger partial charge in [-0.3, -0.25) is 0 Å². The van der Waals surface area contributed by atoms with Gasteiger partial charge in [0.25, 0.3) is 0 Å². The Labute approximate surface area is 112 Å². The maximum atomic E-state index is 5.93. The summed E-state index contributed by atoms with van der Waals surface area (Å²) in [6.07, 6.45) is 2.03. The van der Waals surface area contributed by atoms with Gasteiger partial charge in [-0.1, -0.05) is 36.4 Å². The summed E-state index contributed by atoms with van der Waals surface area (Å²) in [6, 6.07) is 15.8. The molecule has 0 bridgehead atoms. The predicted molar refractivity (Wildman–Crippen MR) is 78.0 cm³/mol. The molecular formula is C16H14N2O. The number of benzene rings is 2. The minimum absolute atomic E-state index is 0.579. The summed E-state index contributed by atoms with van der Waals surface area (Å²) in [5.41, 5.74) is 9.98. The van der Waals surface area contributed by atoms with Crippen LogP contribution in [0.1, 0.15) is 16.7 Å². The van der Waals surface area contributed by atoms with Crippen LogP contribution in [-0.2, 0) is 0 Å². The summed E-state index contributed by atoms with van der Waals surface area (Å²) in [5.74, 6) is 1.42. The van der Waals surface area contributed by atoms with Gasteiger partial charge in [0.05, 0.1) is 12.8 Å². The highest BCUT2D eigenvalue weighted by molar-refractivity contribution is 6.11. The average molecular weight is 250 g/mol. The molecule has 1 aliphatic rings. The molecule has 0 aromatic heterocycles. The van der Waals surface area contributed by atoms with Crippen LogP contribution in [0.3, 0.4) is 0 Å². The quantitative estimate of drug-likeness (QED) is 0.890. The lowest BCUT2D eigenvalue weighted by Crippen LogP contribution is -2.09. The van der Waals surface area contributed by atoms with E-state index in [4.69, 9.17) is 10.5 Å². The molecule has 0 unspecified atom stereocenters. The van der Waals surface area contributed by atoms with Crippen molar-refractivity contribution in [3.05, 3.63) is 65.2 Å². The Bertz CT molecular complexity index is 669. The second-order valence-corrected chi connectivity index (χ2v) is 4.35. The number of hydrogen-bond donors (Lipinski definition) is 1. The molecule has 1 heterocycles. The number of aliphatic imine (C=N–C) groups is 1. The van der Waals surface area contributed by atoms with E-state index in [1.165, 1.54) is 0 Å². The third-order valence-electron chi connectivity index (χ3n) is 3.14. The molecule has 2 N–H and O–H groups in total. The minimum Gasteiger partial charge on any atom is -0.497 e. The lowest BCUT2D eigenvalue weighted by atomic mass is 10.1. The van der Waals surface area contributed by atoms with Gasteiger partial charge in [0, 0.05) is 11.1 Å². The summed E-state index contributed by atoms with van der Waals surface area (Å²) in [6.45, 7) is 0. The fourth-order valence-electron chi connectivity index (χ4n) is 2.15. The van der Waals surface area contributed by atoms with Crippen LogP contribution in [0.25, 0.3) is 11.8 Å². The van der Waals surface area contributed by atoms with Crippen molar-refractivity contribution in [2.45, 2.75) is 0 Å². The highest BCUT2D eigenvalue weighted by atomic mass is 16.5. The predicted octanol–water partition coefficient (Wildman–Crippen LogP) is 2.91. The van der Waals surface area contributed by atoms with Crippen molar-refractivity contribution in [1.82, 2.24) is 0 Å². The topological polar surface area (TPSA) is 47.6 Å².